The van der Waals surface area contributed by atoms with Crippen LogP contribution in [0.4, 0.5) is 5.82 Å². The maximum atomic E-state index is 12.4. The summed E-state index contributed by atoms with van der Waals surface area (Å²) in [5, 5.41) is 14.2. The number of aromatic nitrogens is 2. The molecule has 114 valence electrons. The molecule has 8 nitrogen and oxygen atoms in total. The third-order valence-corrected chi connectivity index (χ3v) is 6.26. The van der Waals surface area contributed by atoms with E-state index in [1.807, 2.05) is 0 Å². The van der Waals surface area contributed by atoms with Gasteiger partial charge in [-0.25, -0.2) is 13.4 Å². The number of nitrogens with zero attached hydrogens (tertiary/aromatic N) is 3. The Morgan fingerprint density at radius 2 is 2.18 bits per heavy atom. The summed E-state index contributed by atoms with van der Waals surface area (Å²) in [6.07, 6.45) is 4.12. The lowest BCUT2D eigenvalue weighted by atomic mass is 10.2. The van der Waals surface area contributed by atoms with Crippen LogP contribution in [0.3, 0.4) is 0 Å². The molecule has 0 spiro atoms. The van der Waals surface area contributed by atoms with Gasteiger partial charge in [0.05, 0.1) is 11.8 Å². The number of anilines is 1. The number of aliphatic hydroxyl groups is 1. The van der Waals surface area contributed by atoms with Crippen molar-refractivity contribution in [2.75, 3.05) is 12.4 Å². The second-order valence-electron chi connectivity index (χ2n) is 4.34. The quantitative estimate of drug-likeness (QED) is 0.846. The number of carbonyl (C=O) groups excluding carboxylic acids is 1. The Bertz CT molecular complexity index is 874. The van der Waals surface area contributed by atoms with Crippen molar-refractivity contribution in [1.82, 2.24) is 14.3 Å². The molecule has 3 rings (SSSR count). The summed E-state index contributed by atoms with van der Waals surface area (Å²) in [7, 11) is -2.65. The Morgan fingerprint density at radius 3 is 2.86 bits per heavy atom. The summed E-state index contributed by atoms with van der Waals surface area (Å²) in [5.74, 6) is -1.04. The number of carbonyl (C=O) groups is 1. The molecule has 2 N–H and O–H groups in total. The Labute approximate surface area is 129 Å². The van der Waals surface area contributed by atoms with Crippen molar-refractivity contribution in [2.45, 2.75) is 4.21 Å². The van der Waals surface area contributed by atoms with E-state index < -0.39 is 21.7 Å². The van der Waals surface area contributed by atoms with E-state index in [0.717, 1.165) is 15.6 Å². The third kappa shape index (κ3) is 2.12. The van der Waals surface area contributed by atoms with Crippen LogP contribution in [-0.4, -0.2) is 40.8 Å². The molecule has 3 heterocycles. The van der Waals surface area contributed by atoms with Crippen molar-refractivity contribution >= 4 is 38.8 Å². The van der Waals surface area contributed by atoms with Gasteiger partial charge in [0.1, 0.15) is 0 Å². The van der Waals surface area contributed by atoms with Crippen LogP contribution in [0.1, 0.15) is 5.56 Å². The zero-order chi connectivity index (χ0) is 15.9. The standard InChI is InChI=1S/C12H10N4O4S2/c1-16-9(11(18)15-8-6-13-3-4-14-8)10(17)7-2-5-21-12(7)22(16,19)20/h2-6,17H,1H3,(H,14,15,18). The molecule has 0 bridgehead atoms. The minimum absolute atomic E-state index is 0.00329. The lowest BCUT2D eigenvalue weighted by Gasteiger charge is -2.26. The number of thiophene rings is 1. The molecule has 0 atom stereocenters. The molecule has 0 saturated heterocycles. The number of fused-ring (bicyclic) bond motifs is 1. The summed E-state index contributed by atoms with van der Waals surface area (Å²) in [5.41, 5.74) is -0.246. The van der Waals surface area contributed by atoms with Gasteiger partial charge in [0.25, 0.3) is 15.9 Å². The van der Waals surface area contributed by atoms with E-state index in [9.17, 15) is 18.3 Å². The highest BCUT2D eigenvalue weighted by Gasteiger charge is 2.39. The third-order valence-electron chi connectivity index (χ3n) is 3.04. The Hall–Kier alpha value is -2.46. The number of nitrogens with one attached hydrogen (secondary N) is 1. The molecule has 2 aromatic rings. The number of aliphatic hydroxyl groups excluding tert-OH is 1. The average molecular weight is 338 g/mol. The van der Waals surface area contributed by atoms with E-state index in [0.29, 0.717) is 0 Å². The highest BCUT2D eigenvalue weighted by atomic mass is 32.2. The molecule has 1 aliphatic heterocycles. The summed E-state index contributed by atoms with van der Waals surface area (Å²) < 4.78 is 25.5. The van der Waals surface area contributed by atoms with E-state index >= 15 is 0 Å². The summed E-state index contributed by atoms with van der Waals surface area (Å²) >= 11 is 0.980. The Balaban J connectivity index is 2.06. The van der Waals surface area contributed by atoms with Gasteiger partial charge in [0.15, 0.2) is 21.5 Å². The molecular weight excluding hydrogens is 328 g/mol. The molecule has 0 aromatic carbocycles. The molecule has 0 radical (unpaired) electrons. The first kappa shape index (κ1) is 14.5. The van der Waals surface area contributed by atoms with Gasteiger partial charge in [-0.3, -0.25) is 14.1 Å². The smallest absolute Gasteiger partial charge is 0.278 e. The van der Waals surface area contributed by atoms with E-state index in [-0.39, 0.29) is 21.3 Å². The van der Waals surface area contributed by atoms with Gasteiger partial charge in [0, 0.05) is 19.4 Å². The second kappa shape index (κ2) is 5.07. The van der Waals surface area contributed by atoms with Crippen LogP contribution in [0.15, 0.2) is 39.9 Å². The van der Waals surface area contributed by atoms with Crippen LogP contribution in [0.5, 0.6) is 0 Å². The zero-order valence-electron chi connectivity index (χ0n) is 11.2. The zero-order valence-corrected chi connectivity index (χ0v) is 12.8. The Kier molecular flexibility index (Phi) is 3.34. The van der Waals surface area contributed by atoms with Gasteiger partial charge in [-0.15, -0.1) is 11.3 Å². The fraction of sp³-hybridized carbons (Fsp3) is 0.0833. The number of rotatable bonds is 2. The van der Waals surface area contributed by atoms with Gasteiger partial charge < -0.3 is 10.4 Å². The molecule has 2 aromatic heterocycles. The fourth-order valence-electron chi connectivity index (χ4n) is 1.98. The van der Waals surface area contributed by atoms with Crippen molar-refractivity contribution in [1.29, 1.82) is 0 Å². The molecule has 0 saturated carbocycles. The van der Waals surface area contributed by atoms with Gasteiger partial charge in [-0.05, 0) is 11.4 Å². The molecule has 22 heavy (non-hydrogen) atoms. The number of likely N-dealkylation sites (N-methyl/N-ethyl adjacent to an activating group) is 1. The molecule has 1 amide bonds. The predicted molar refractivity (Wildman–Crippen MR) is 79.5 cm³/mol. The average Bonchev–Trinajstić information content (AvgIpc) is 2.97. The molecular formula is C12H10N4O4S2. The first-order valence-corrected chi connectivity index (χ1v) is 8.32. The van der Waals surface area contributed by atoms with E-state index in [2.05, 4.69) is 15.3 Å². The number of amides is 1. The van der Waals surface area contributed by atoms with Crippen LogP contribution in [0.2, 0.25) is 0 Å². The molecule has 0 fully saturated rings. The van der Waals surface area contributed by atoms with E-state index in [1.165, 1.54) is 37.1 Å². The minimum Gasteiger partial charge on any atom is -0.505 e. The van der Waals surface area contributed by atoms with Crippen LogP contribution in [0.25, 0.3) is 5.76 Å². The minimum atomic E-state index is -3.86. The largest absolute Gasteiger partial charge is 0.505 e. The van der Waals surface area contributed by atoms with Crippen molar-refractivity contribution < 1.29 is 18.3 Å². The van der Waals surface area contributed by atoms with E-state index in [4.69, 9.17) is 0 Å². The number of hydrogen-bond acceptors (Lipinski definition) is 7. The monoisotopic (exact) mass is 338 g/mol. The van der Waals surface area contributed by atoms with Crippen LogP contribution in [0, 0.1) is 0 Å². The first-order chi connectivity index (χ1) is 10.4. The van der Waals surface area contributed by atoms with Crippen LogP contribution in [-0.2, 0) is 14.8 Å². The van der Waals surface area contributed by atoms with Gasteiger partial charge in [-0.1, -0.05) is 0 Å². The second-order valence-corrected chi connectivity index (χ2v) is 7.42. The maximum Gasteiger partial charge on any atom is 0.278 e. The Morgan fingerprint density at radius 1 is 1.41 bits per heavy atom. The highest BCUT2D eigenvalue weighted by Crippen LogP contribution is 2.38. The van der Waals surface area contributed by atoms with Crippen LogP contribution < -0.4 is 5.32 Å². The van der Waals surface area contributed by atoms with Gasteiger partial charge in [0.2, 0.25) is 0 Å². The molecule has 0 aliphatic carbocycles. The lowest BCUT2D eigenvalue weighted by Crippen LogP contribution is -2.36. The van der Waals surface area contributed by atoms with Crippen molar-refractivity contribution in [3.8, 4) is 0 Å². The first-order valence-electron chi connectivity index (χ1n) is 6.00. The molecule has 10 heteroatoms. The van der Waals surface area contributed by atoms with Crippen molar-refractivity contribution in [3.63, 3.8) is 0 Å². The summed E-state index contributed by atoms with van der Waals surface area (Å²) in [6.45, 7) is 0. The molecule has 0 unspecified atom stereocenters. The topological polar surface area (TPSA) is 112 Å². The highest BCUT2D eigenvalue weighted by molar-refractivity contribution is 7.91. The van der Waals surface area contributed by atoms with E-state index in [1.54, 1.807) is 0 Å². The van der Waals surface area contributed by atoms with Gasteiger partial charge >= 0.3 is 0 Å². The number of hydrogen-bond donors (Lipinski definition) is 2. The van der Waals surface area contributed by atoms with Crippen molar-refractivity contribution in [3.05, 3.63) is 41.3 Å². The summed E-state index contributed by atoms with van der Waals surface area (Å²) in [4.78, 5) is 20.0. The van der Waals surface area contributed by atoms with Crippen molar-refractivity contribution in [2.24, 2.45) is 0 Å². The molecule has 1 aliphatic rings. The summed E-state index contributed by atoms with van der Waals surface area (Å²) in [6, 6.07) is 1.45. The normalized spacial score (nSPS) is 16.3. The fourth-order valence-corrected chi connectivity index (χ4v) is 4.69. The maximum absolute atomic E-state index is 12.4. The predicted octanol–water partition coefficient (Wildman–Crippen LogP) is 1.04. The van der Waals surface area contributed by atoms with Crippen LogP contribution >= 0.6 is 11.3 Å². The van der Waals surface area contributed by atoms with Gasteiger partial charge in [-0.2, -0.15) is 0 Å². The number of sulfonamides is 1. The lowest BCUT2D eigenvalue weighted by molar-refractivity contribution is -0.113. The SMILES string of the molecule is CN1C(C(=O)Nc2cnccn2)=C(O)c2ccsc2S1(=O)=O.